The number of carbonyl (C=O) groups excluding carboxylic acids is 1. The lowest BCUT2D eigenvalue weighted by atomic mass is 10.1. The Kier molecular flexibility index (Phi) is 7.52. The van der Waals surface area contributed by atoms with Crippen molar-refractivity contribution in [2.45, 2.75) is 20.3 Å². The second-order valence-corrected chi connectivity index (χ2v) is 4.74. The summed E-state index contributed by atoms with van der Waals surface area (Å²) < 4.78 is 5.03. The Hall–Kier alpha value is -1.83. The van der Waals surface area contributed by atoms with Gasteiger partial charge in [0.15, 0.2) is 0 Å². The summed E-state index contributed by atoms with van der Waals surface area (Å²) in [6.45, 7) is 5.68. The molecule has 0 fully saturated rings. The number of amides is 1. The zero-order chi connectivity index (χ0) is 15.7. The van der Waals surface area contributed by atoms with Crippen LogP contribution in [-0.4, -0.2) is 49.3 Å². The van der Waals surface area contributed by atoms with Gasteiger partial charge in [-0.05, 0) is 37.6 Å². The summed E-state index contributed by atoms with van der Waals surface area (Å²) in [5.41, 5.74) is 2.44. The van der Waals surface area contributed by atoms with Crippen LogP contribution in [0.5, 0.6) is 0 Å². The minimum Gasteiger partial charge on any atom is -0.395 e. The number of nitrogens with zero attached hydrogens (tertiary/aromatic N) is 1. The van der Waals surface area contributed by atoms with Crippen LogP contribution < -0.4 is 0 Å². The van der Waals surface area contributed by atoms with Crippen LogP contribution in [0.4, 0.5) is 0 Å². The van der Waals surface area contributed by atoms with E-state index >= 15 is 0 Å². The van der Waals surface area contributed by atoms with E-state index in [0.717, 1.165) is 11.1 Å². The van der Waals surface area contributed by atoms with Crippen LogP contribution in [0.1, 0.15) is 34.8 Å². The van der Waals surface area contributed by atoms with Gasteiger partial charge in [0.05, 0.1) is 13.2 Å². The Bertz CT molecular complexity index is 529. The zero-order valence-corrected chi connectivity index (χ0v) is 13.0. The van der Waals surface area contributed by atoms with Gasteiger partial charge < -0.3 is 14.7 Å². The Labute approximate surface area is 126 Å². The maximum atomic E-state index is 12.5. The lowest BCUT2D eigenvalue weighted by Gasteiger charge is -2.20. The molecule has 1 N–H and O–H groups in total. The molecule has 0 spiro atoms. The standard InChI is InChI=1S/C17H23NO3/c1-4-18(8-10-21-3)17(20)16-12-14(2)11-15(13-16)7-5-6-9-19/h11-13,19H,4,6,8-10H2,1-3H3. The van der Waals surface area contributed by atoms with E-state index in [1.54, 1.807) is 18.1 Å². The van der Waals surface area contributed by atoms with E-state index in [4.69, 9.17) is 9.84 Å². The third-order valence-electron chi connectivity index (χ3n) is 3.03. The third kappa shape index (κ3) is 5.58. The first kappa shape index (κ1) is 17.2. The molecule has 0 aliphatic heterocycles. The van der Waals surface area contributed by atoms with Crippen molar-refractivity contribution in [1.82, 2.24) is 4.90 Å². The molecule has 0 unspecified atom stereocenters. The molecule has 4 nitrogen and oxygen atoms in total. The van der Waals surface area contributed by atoms with E-state index < -0.39 is 0 Å². The summed E-state index contributed by atoms with van der Waals surface area (Å²) >= 11 is 0. The number of likely N-dealkylation sites (N-methyl/N-ethyl adjacent to an activating group) is 1. The summed E-state index contributed by atoms with van der Waals surface area (Å²) in [4.78, 5) is 14.3. The molecule has 0 bridgehead atoms. The topological polar surface area (TPSA) is 49.8 Å². The smallest absolute Gasteiger partial charge is 0.253 e. The number of hydrogen-bond donors (Lipinski definition) is 1. The second-order valence-electron chi connectivity index (χ2n) is 4.74. The number of aliphatic hydroxyl groups is 1. The average molecular weight is 289 g/mol. The Morgan fingerprint density at radius 1 is 1.38 bits per heavy atom. The van der Waals surface area contributed by atoms with Crippen molar-refractivity contribution in [3.05, 3.63) is 34.9 Å². The molecule has 0 saturated heterocycles. The molecule has 0 aliphatic carbocycles. The molecule has 1 aromatic rings. The fraction of sp³-hybridized carbons (Fsp3) is 0.471. The predicted molar refractivity (Wildman–Crippen MR) is 83.2 cm³/mol. The number of methoxy groups -OCH3 is 1. The lowest BCUT2D eigenvalue weighted by Crippen LogP contribution is -2.33. The van der Waals surface area contributed by atoms with E-state index in [1.807, 2.05) is 26.0 Å². The van der Waals surface area contributed by atoms with Crippen molar-refractivity contribution in [2.24, 2.45) is 0 Å². The van der Waals surface area contributed by atoms with Gasteiger partial charge in [-0.2, -0.15) is 0 Å². The molecule has 0 aromatic heterocycles. The van der Waals surface area contributed by atoms with Crippen molar-refractivity contribution in [3.8, 4) is 11.8 Å². The fourth-order valence-corrected chi connectivity index (χ4v) is 1.99. The Morgan fingerprint density at radius 2 is 2.14 bits per heavy atom. The number of rotatable bonds is 6. The van der Waals surface area contributed by atoms with Gasteiger partial charge in [0, 0.05) is 37.7 Å². The fourth-order valence-electron chi connectivity index (χ4n) is 1.99. The van der Waals surface area contributed by atoms with Crippen molar-refractivity contribution in [3.63, 3.8) is 0 Å². The minimum atomic E-state index is -0.0107. The van der Waals surface area contributed by atoms with Gasteiger partial charge in [-0.3, -0.25) is 4.79 Å². The first-order valence-electron chi connectivity index (χ1n) is 7.12. The van der Waals surface area contributed by atoms with E-state index in [-0.39, 0.29) is 12.5 Å². The molecule has 0 aliphatic rings. The molecule has 0 atom stereocenters. The van der Waals surface area contributed by atoms with Gasteiger partial charge in [0.2, 0.25) is 0 Å². The molecule has 1 aromatic carbocycles. The van der Waals surface area contributed by atoms with E-state index in [0.29, 0.717) is 31.7 Å². The number of aryl methyl sites for hydroxylation is 1. The number of carbonyl (C=O) groups is 1. The SMILES string of the molecule is CCN(CCOC)C(=O)c1cc(C)cc(C#CCCO)c1. The number of hydrogen-bond acceptors (Lipinski definition) is 3. The molecule has 1 amide bonds. The molecule has 0 heterocycles. The molecule has 114 valence electrons. The maximum absolute atomic E-state index is 12.5. The number of aliphatic hydroxyl groups excluding tert-OH is 1. The van der Waals surface area contributed by atoms with Crippen molar-refractivity contribution >= 4 is 5.91 Å². The third-order valence-corrected chi connectivity index (χ3v) is 3.03. The van der Waals surface area contributed by atoms with Crippen LogP contribution in [-0.2, 0) is 4.74 Å². The van der Waals surface area contributed by atoms with E-state index in [9.17, 15) is 4.79 Å². The molecule has 4 heteroatoms. The van der Waals surface area contributed by atoms with Crippen LogP contribution in [0.15, 0.2) is 18.2 Å². The van der Waals surface area contributed by atoms with Gasteiger partial charge in [-0.25, -0.2) is 0 Å². The minimum absolute atomic E-state index is 0.0107. The van der Waals surface area contributed by atoms with E-state index in [2.05, 4.69) is 11.8 Å². The van der Waals surface area contributed by atoms with Gasteiger partial charge in [0.25, 0.3) is 5.91 Å². The second kappa shape index (κ2) is 9.17. The monoisotopic (exact) mass is 289 g/mol. The van der Waals surface area contributed by atoms with Crippen LogP contribution >= 0.6 is 0 Å². The van der Waals surface area contributed by atoms with E-state index in [1.165, 1.54) is 0 Å². The average Bonchev–Trinajstić information content (AvgIpc) is 2.47. The summed E-state index contributed by atoms with van der Waals surface area (Å²) in [6.07, 6.45) is 0.437. The van der Waals surface area contributed by atoms with Crippen molar-refractivity contribution in [2.75, 3.05) is 33.4 Å². The summed E-state index contributed by atoms with van der Waals surface area (Å²) in [5, 5.41) is 8.75. The predicted octanol–water partition coefficient (Wildman–Crippen LogP) is 1.84. The van der Waals surface area contributed by atoms with Crippen molar-refractivity contribution < 1.29 is 14.6 Å². The van der Waals surface area contributed by atoms with Crippen molar-refractivity contribution in [1.29, 1.82) is 0 Å². The lowest BCUT2D eigenvalue weighted by molar-refractivity contribution is 0.0706. The molecule has 21 heavy (non-hydrogen) atoms. The Morgan fingerprint density at radius 3 is 2.76 bits per heavy atom. The molecule has 1 rings (SSSR count). The summed E-state index contributed by atoms with van der Waals surface area (Å²) in [7, 11) is 1.62. The highest BCUT2D eigenvalue weighted by Crippen LogP contribution is 2.12. The van der Waals surface area contributed by atoms with Gasteiger partial charge in [-0.15, -0.1) is 0 Å². The van der Waals surface area contributed by atoms with Crippen LogP contribution in [0.3, 0.4) is 0 Å². The molecular weight excluding hydrogens is 266 g/mol. The van der Waals surface area contributed by atoms with Gasteiger partial charge in [0.1, 0.15) is 0 Å². The summed E-state index contributed by atoms with van der Waals surface area (Å²) in [5.74, 6) is 5.84. The number of benzene rings is 1. The molecular formula is C17H23NO3. The quantitative estimate of drug-likeness (QED) is 0.813. The highest BCUT2D eigenvalue weighted by Gasteiger charge is 2.14. The largest absolute Gasteiger partial charge is 0.395 e. The maximum Gasteiger partial charge on any atom is 0.253 e. The first-order valence-corrected chi connectivity index (χ1v) is 7.12. The zero-order valence-electron chi connectivity index (χ0n) is 13.0. The highest BCUT2D eigenvalue weighted by atomic mass is 16.5. The normalized spacial score (nSPS) is 9.90. The van der Waals surface area contributed by atoms with Crippen LogP contribution in [0, 0.1) is 18.8 Å². The van der Waals surface area contributed by atoms with Crippen LogP contribution in [0.25, 0.3) is 0 Å². The van der Waals surface area contributed by atoms with Gasteiger partial charge in [-0.1, -0.05) is 11.8 Å². The van der Waals surface area contributed by atoms with Gasteiger partial charge >= 0.3 is 0 Å². The van der Waals surface area contributed by atoms with Crippen LogP contribution in [0.2, 0.25) is 0 Å². The summed E-state index contributed by atoms with van der Waals surface area (Å²) in [6, 6.07) is 5.61. The highest BCUT2D eigenvalue weighted by molar-refractivity contribution is 5.94. The number of ether oxygens (including phenoxy) is 1. The first-order chi connectivity index (χ1) is 10.1. The molecule has 0 radical (unpaired) electrons. The Balaban J connectivity index is 2.96. The molecule has 0 saturated carbocycles.